The first-order chi connectivity index (χ1) is 9.92. The topological polar surface area (TPSA) is 85.6 Å². The second kappa shape index (κ2) is 6.50. The number of aromatic nitrogens is 3. The zero-order chi connectivity index (χ0) is 15.6. The van der Waals surface area contributed by atoms with Crippen LogP contribution in [0.15, 0.2) is 17.4 Å². The molecular weight excluding hydrogens is 339 g/mol. The van der Waals surface area contributed by atoms with Gasteiger partial charge in [-0.05, 0) is 13.0 Å². The third-order valence-electron chi connectivity index (χ3n) is 2.46. The fourth-order valence-corrected chi connectivity index (χ4v) is 2.78. The number of fused-ring (bicyclic) bond motifs is 1. The van der Waals surface area contributed by atoms with Crippen molar-refractivity contribution in [2.75, 3.05) is 7.11 Å². The van der Waals surface area contributed by atoms with Crippen LogP contribution < -0.4 is 5.32 Å². The highest BCUT2D eigenvalue weighted by Gasteiger charge is 2.20. The Hall–Kier alpha value is -1.51. The Balaban J connectivity index is 2.20. The highest BCUT2D eigenvalue weighted by molar-refractivity contribution is 8.00. The summed E-state index contributed by atoms with van der Waals surface area (Å²) in [7, 11) is 1.18. The molecule has 0 spiro atoms. The molecule has 2 aromatic heterocycles. The van der Waals surface area contributed by atoms with E-state index in [1.54, 1.807) is 23.6 Å². The molecule has 2 rings (SSSR count). The summed E-state index contributed by atoms with van der Waals surface area (Å²) < 4.78 is 5.94. The molecule has 0 saturated heterocycles. The van der Waals surface area contributed by atoms with Crippen molar-refractivity contribution >= 4 is 52.6 Å². The molecule has 0 aromatic carbocycles. The van der Waals surface area contributed by atoms with E-state index < -0.39 is 17.3 Å². The maximum atomic E-state index is 11.8. The summed E-state index contributed by atoms with van der Waals surface area (Å²) in [5, 5.41) is 10.6. The predicted molar refractivity (Wildman–Crippen MR) is 78.9 cm³/mol. The second-order valence-electron chi connectivity index (χ2n) is 3.92. The first-order valence-electron chi connectivity index (χ1n) is 5.67. The van der Waals surface area contributed by atoms with Crippen LogP contribution in [0.1, 0.15) is 6.92 Å². The quantitative estimate of drug-likeness (QED) is 0.857. The third-order valence-corrected chi connectivity index (χ3v) is 4.00. The summed E-state index contributed by atoms with van der Waals surface area (Å²) in [6, 6.07) is 1.55. The Bertz CT molecular complexity index is 706. The van der Waals surface area contributed by atoms with Crippen LogP contribution in [0, 0.1) is 0 Å². The number of alkyl carbamates (subject to hydrolysis) is 1. The summed E-state index contributed by atoms with van der Waals surface area (Å²) in [5.41, 5.74) is 0.434. The number of nitrogens with one attached hydrogen (secondary N) is 1. The van der Waals surface area contributed by atoms with E-state index in [1.165, 1.54) is 7.11 Å². The van der Waals surface area contributed by atoms with Gasteiger partial charge in [0.25, 0.3) is 0 Å². The van der Waals surface area contributed by atoms with E-state index in [1.807, 2.05) is 0 Å². The number of pyridine rings is 1. The van der Waals surface area contributed by atoms with Crippen molar-refractivity contribution < 1.29 is 14.3 Å². The van der Waals surface area contributed by atoms with Gasteiger partial charge in [0.15, 0.2) is 10.8 Å². The molecule has 2 heterocycles. The zero-order valence-corrected chi connectivity index (χ0v) is 13.3. The van der Waals surface area contributed by atoms with Gasteiger partial charge in [-0.3, -0.25) is 14.5 Å². The van der Waals surface area contributed by atoms with Crippen molar-refractivity contribution in [2.45, 2.75) is 17.3 Å². The number of carbonyl (C=O) groups is 2. The fourth-order valence-electron chi connectivity index (χ4n) is 1.45. The van der Waals surface area contributed by atoms with Gasteiger partial charge in [-0.15, -0.1) is 10.2 Å². The Morgan fingerprint density at radius 2 is 2.14 bits per heavy atom. The standard InChI is InChI=1S/C11H10Cl2N4O3S/c1-5(9(18)14-11(19)20-2)21-10-16-15-8-7(13)3-6(12)4-17(8)10/h3-5H,1-2H3,(H,14,18,19)/t5-/m0/s1. The second-order valence-corrected chi connectivity index (χ2v) is 6.07. The Kier molecular flexibility index (Phi) is 4.92. The van der Waals surface area contributed by atoms with E-state index >= 15 is 0 Å². The first kappa shape index (κ1) is 15.9. The number of thioether (sulfide) groups is 1. The molecule has 7 nitrogen and oxygen atoms in total. The van der Waals surface area contributed by atoms with Gasteiger partial charge in [0, 0.05) is 6.20 Å². The first-order valence-corrected chi connectivity index (χ1v) is 7.31. The van der Waals surface area contributed by atoms with E-state index in [-0.39, 0.29) is 0 Å². The molecule has 1 N–H and O–H groups in total. The number of hydrogen-bond acceptors (Lipinski definition) is 6. The van der Waals surface area contributed by atoms with Crippen LogP contribution in [0.4, 0.5) is 4.79 Å². The number of rotatable bonds is 3. The van der Waals surface area contributed by atoms with E-state index in [0.29, 0.717) is 20.8 Å². The number of halogens is 2. The number of hydrogen-bond donors (Lipinski definition) is 1. The average Bonchev–Trinajstić information content (AvgIpc) is 2.81. The monoisotopic (exact) mass is 348 g/mol. The van der Waals surface area contributed by atoms with Crippen LogP contribution in [-0.4, -0.2) is 39.0 Å². The van der Waals surface area contributed by atoms with Gasteiger partial charge in [-0.25, -0.2) is 4.79 Å². The molecule has 0 fully saturated rings. The molecule has 0 radical (unpaired) electrons. The molecule has 0 aliphatic heterocycles. The molecule has 21 heavy (non-hydrogen) atoms. The number of methoxy groups -OCH3 is 1. The predicted octanol–water partition coefficient (Wildman–Crippen LogP) is 2.40. The third kappa shape index (κ3) is 3.58. The van der Waals surface area contributed by atoms with Gasteiger partial charge in [0.05, 0.1) is 22.4 Å². The summed E-state index contributed by atoms with van der Waals surface area (Å²) in [6.45, 7) is 1.62. The lowest BCUT2D eigenvalue weighted by Crippen LogP contribution is -2.35. The molecule has 2 amide bonds. The number of ether oxygens (including phenoxy) is 1. The van der Waals surface area contributed by atoms with Gasteiger partial charge >= 0.3 is 6.09 Å². The van der Waals surface area contributed by atoms with Crippen LogP contribution in [-0.2, 0) is 9.53 Å². The number of carbonyl (C=O) groups excluding carboxylic acids is 2. The highest BCUT2D eigenvalue weighted by Crippen LogP contribution is 2.27. The van der Waals surface area contributed by atoms with Crippen LogP contribution >= 0.6 is 35.0 Å². The minimum atomic E-state index is -0.815. The average molecular weight is 349 g/mol. The lowest BCUT2D eigenvalue weighted by Gasteiger charge is -2.09. The van der Waals surface area contributed by atoms with Crippen molar-refractivity contribution in [1.29, 1.82) is 0 Å². The lowest BCUT2D eigenvalue weighted by atomic mass is 10.4. The SMILES string of the molecule is COC(=O)NC(=O)[C@H](C)Sc1nnc2c(Cl)cc(Cl)cn12. The van der Waals surface area contributed by atoms with Crippen molar-refractivity contribution in [1.82, 2.24) is 19.9 Å². The maximum absolute atomic E-state index is 11.8. The van der Waals surface area contributed by atoms with Crippen LogP contribution in [0.5, 0.6) is 0 Å². The molecule has 1 atom stereocenters. The summed E-state index contributed by atoms with van der Waals surface area (Å²) >= 11 is 13.0. The van der Waals surface area contributed by atoms with Gasteiger partial charge in [-0.2, -0.15) is 0 Å². The molecule has 0 bridgehead atoms. The van der Waals surface area contributed by atoms with Crippen molar-refractivity contribution in [3.63, 3.8) is 0 Å². The normalized spacial score (nSPS) is 12.2. The van der Waals surface area contributed by atoms with Gasteiger partial charge < -0.3 is 4.74 Å². The van der Waals surface area contributed by atoms with E-state index in [2.05, 4.69) is 20.3 Å². The number of imide groups is 1. The highest BCUT2D eigenvalue weighted by atomic mass is 35.5. The summed E-state index contributed by atoms with van der Waals surface area (Å²) in [5.74, 6) is -0.503. The number of amides is 2. The van der Waals surface area contributed by atoms with Gasteiger partial charge in [0.1, 0.15) is 0 Å². The van der Waals surface area contributed by atoms with Crippen LogP contribution in [0.25, 0.3) is 5.65 Å². The molecule has 2 aromatic rings. The van der Waals surface area contributed by atoms with Crippen molar-refractivity contribution in [3.8, 4) is 0 Å². The molecule has 0 aliphatic rings. The van der Waals surface area contributed by atoms with E-state index in [0.717, 1.165) is 11.8 Å². The zero-order valence-electron chi connectivity index (χ0n) is 11.0. The van der Waals surface area contributed by atoms with Crippen LogP contribution in [0.2, 0.25) is 10.0 Å². The summed E-state index contributed by atoms with van der Waals surface area (Å²) in [6.07, 6.45) is 0.778. The largest absolute Gasteiger partial charge is 0.453 e. The van der Waals surface area contributed by atoms with Gasteiger partial charge in [0.2, 0.25) is 5.91 Å². The smallest absolute Gasteiger partial charge is 0.413 e. The summed E-state index contributed by atoms with van der Waals surface area (Å²) in [4.78, 5) is 22.8. The lowest BCUT2D eigenvalue weighted by molar-refractivity contribution is -0.119. The van der Waals surface area contributed by atoms with Crippen LogP contribution in [0.3, 0.4) is 0 Å². The fraction of sp³-hybridized carbons (Fsp3) is 0.273. The van der Waals surface area contributed by atoms with Crippen molar-refractivity contribution in [3.05, 3.63) is 22.3 Å². The Morgan fingerprint density at radius 3 is 2.81 bits per heavy atom. The minimum absolute atomic E-state index is 0.355. The Labute approximate surface area is 133 Å². The maximum Gasteiger partial charge on any atom is 0.413 e. The number of nitrogens with zero attached hydrogens (tertiary/aromatic N) is 3. The Morgan fingerprint density at radius 1 is 1.43 bits per heavy atom. The van der Waals surface area contributed by atoms with E-state index in [4.69, 9.17) is 23.2 Å². The molecule has 0 aliphatic carbocycles. The van der Waals surface area contributed by atoms with Crippen molar-refractivity contribution in [2.24, 2.45) is 0 Å². The molecular formula is C11H10Cl2N4O3S. The van der Waals surface area contributed by atoms with E-state index in [9.17, 15) is 9.59 Å². The molecule has 0 unspecified atom stereocenters. The molecule has 10 heteroatoms. The molecule has 112 valence electrons. The molecule has 0 saturated carbocycles. The minimum Gasteiger partial charge on any atom is -0.453 e. The van der Waals surface area contributed by atoms with Gasteiger partial charge in [-0.1, -0.05) is 35.0 Å².